The van der Waals surface area contributed by atoms with Crippen molar-refractivity contribution in [1.82, 2.24) is 19.9 Å². The molecule has 0 aliphatic heterocycles. The number of aromatic amines is 1. The molecule has 0 saturated heterocycles. The van der Waals surface area contributed by atoms with Crippen molar-refractivity contribution in [2.75, 3.05) is 0 Å². The Morgan fingerprint density at radius 1 is 1.45 bits per heavy atom. The highest BCUT2D eigenvalue weighted by molar-refractivity contribution is 7.92. The largest absolute Gasteiger partial charge is 0.291 e. The summed E-state index contributed by atoms with van der Waals surface area (Å²) < 4.78 is 26.6. The normalized spacial score (nSPS) is 18.0. The average Bonchev–Trinajstić information content (AvgIpc) is 3.05. The van der Waals surface area contributed by atoms with Gasteiger partial charge >= 0.3 is 0 Å². The van der Waals surface area contributed by atoms with E-state index in [2.05, 4.69) is 19.9 Å². The Hall–Kier alpha value is -1.74. The van der Waals surface area contributed by atoms with Crippen molar-refractivity contribution < 1.29 is 13.2 Å². The van der Waals surface area contributed by atoms with E-state index in [0.717, 1.165) is 27.5 Å². The molecule has 1 aliphatic rings. The number of aryl methyl sites for hydroxylation is 3. The zero-order valence-electron chi connectivity index (χ0n) is 12.2. The van der Waals surface area contributed by atoms with E-state index < -0.39 is 15.9 Å². The molecule has 2 aromatic heterocycles. The Labute approximate surface area is 132 Å². The number of carbonyl (C=O) groups excluding carboxylic acids is 1. The quantitative estimate of drug-likeness (QED) is 0.870. The van der Waals surface area contributed by atoms with E-state index >= 15 is 0 Å². The lowest BCUT2D eigenvalue weighted by atomic mass is 9.87. The summed E-state index contributed by atoms with van der Waals surface area (Å²) in [6.45, 7) is 3.55. The topological polar surface area (TPSA) is 105 Å². The Morgan fingerprint density at radius 3 is 2.91 bits per heavy atom. The third kappa shape index (κ3) is 2.78. The summed E-state index contributed by atoms with van der Waals surface area (Å²) in [6.07, 6.45) is 3.50. The predicted molar refractivity (Wildman–Crippen MR) is 81.0 cm³/mol. The van der Waals surface area contributed by atoms with Crippen molar-refractivity contribution >= 4 is 27.3 Å². The third-order valence-electron chi connectivity index (χ3n) is 3.86. The van der Waals surface area contributed by atoms with Gasteiger partial charge in [-0.15, -0.1) is 11.3 Å². The molecule has 1 aliphatic carbocycles. The highest BCUT2D eigenvalue weighted by atomic mass is 32.2. The second-order valence-electron chi connectivity index (χ2n) is 5.40. The molecule has 0 fully saturated rings. The maximum absolute atomic E-state index is 12.3. The van der Waals surface area contributed by atoms with Gasteiger partial charge in [-0.1, -0.05) is 0 Å². The first-order chi connectivity index (χ1) is 10.4. The summed E-state index contributed by atoms with van der Waals surface area (Å²) in [5.74, 6) is -0.834. The van der Waals surface area contributed by atoms with E-state index in [1.807, 2.05) is 0 Å². The van der Waals surface area contributed by atoms with Crippen LogP contribution in [0.25, 0.3) is 0 Å². The number of rotatable bonds is 3. The van der Waals surface area contributed by atoms with Crippen LogP contribution in [0.3, 0.4) is 0 Å². The fourth-order valence-corrected chi connectivity index (χ4v) is 4.81. The van der Waals surface area contributed by atoms with Gasteiger partial charge in [0.05, 0.1) is 11.9 Å². The van der Waals surface area contributed by atoms with Gasteiger partial charge in [0, 0.05) is 16.5 Å². The summed E-state index contributed by atoms with van der Waals surface area (Å²) in [4.78, 5) is 17.1. The van der Waals surface area contributed by atoms with Crippen LogP contribution in [0.4, 0.5) is 0 Å². The minimum absolute atomic E-state index is 0.0596. The van der Waals surface area contributed by atoms with E-state index in [1.54, 1.807) is 20.0 Å². The molecule has 22 heavy (non-hydrogen) atoms. The smallest absolute Gasteiger partial charge is 0.282 e. The third-order valence-corrected chi connectivity index (χ3v) is 6.66. The molecule has 7 nitrogen and oxygen atoms in total. The molecule has 1 amide bonds. The molecule has 2 N–H and O–H groups in total. The van der Waals surface area contributed by atoms with Crippen LogP contribution in [0, 0.1) is 19.8 Å². The number of hydrogen-bond acceptors (Lipinski definition) is 6. The fraction of sp³-hybridized carbons (Fsp3) is 0.462. The van der Waals surface area contributed by atoms with Crippen LogP contribution in [-0.2, 0) is 27.7 Å². The van der Waals surface area contributed by atoms with Crippen molar-refractivity contribution in [3.63, 3.8) is 0 Å². The lowest BCUT2D eigenvalue weighted by Gasteiger charge is -2.20. The number of thiazole rings is 1. The number of H-pyrrole nitrogens is 1. The van der Waals surface area contributed by atoms with E-state index in [1.165, 1.54) is 0 Å². The van der Waals surface area contributed by atoms with E-state index in [-0.39, 0.29) is 10.3 Å². The minimum atomic E-state index is -3.89. The van der Waals surface area contributed by atoms with Gasteiger partial charge in [0.15, 0.2) is 0 Å². The van der Waals surface area contributed by atoms with Crippen molar-refractivity contribution in [3.05, 3.63) is 28.0 Å². The van der Waals surface area contributed by atoms with Crippen LogP contribution in [0.15, 0.2) is 10.5 Å². The fourth-order valence-electron chi connectivity index (χ4n) is 2.46. The molecule has 0 bridgehead atoms. The minimum Gasteiger partial charge on any atom is -0.282 e. The second-order valence-corrected chi connectivity index (χ2v) is 8.46. The molecule has 0 aromatic carbocycles. The van der Waals surface area contributed by atoms with Crippen LogP contribution >= 0.6 is 11.3 Å². The predicted octanol–water partition coefficient (Wildman–Crippen LogP) is 1.09. The van der Waals surface area contributed by atoms with Gasteiger partial charge < -0.3 is 0 Å². The van der Waals surface area contributed by atoms with Gasteiger partial charge in [-0.3, -0.25) is 9.89 Å². The first-order valence-electron chi connectivity index (χ1n) is 6.88. The standard InChI is InChI=1S/C13H16N4O3S2/c1-7-8(2)21-13(15-7)22(19,20)17-12(18)9-3-4-11-10(5-9)6-14-16-11/h6,9H,3-5H2,1-2H3,(H,14,16)(H,17,18). The zero-order chi connectivity index (χ0) is 15.9. The number of amides is 1. The number of nitrogens with one attached hydrogen (secondary N) is 2. The van der Waals surface area contributed by atoms with Gasteiger partial charge in [-0.2, -0.15) is 13.5 Å². The maximum atomic E-state index is 12.3. The maximum Gasteiger partial charge on any atom is 0.291 e. The monoisotopic (exact) mass is 340 g/mol. The molecule has 0 radical (unpaired) electrons. The molecular formula is C13H16N4O3S2. The molecule has 2 aromatic rings. The molecule has 0 saturated carbocycles. The van der Waals surface area contributed by atoms with Crippen LogP contribution in [0.1, 0.15) is 28.2 Å². The van der Waals surface area contributed by atoms with Crippen molar-refractivity contribution in [3.8, 4) is 0 Å². The first-order valence-corrected chi connectivity index (χ1v) is 9.18. The number of fused-ring (bicyclic) bond motifs is 1. The summed E-state index contributed by atoms with van der Waals surface area (Å²) in [5, 5.41) is 6.84. The highest BCUT2D eigenvalue weighted by Crippen LogP contribution is 2.25. The van der Waals surface area contributed by atoms with E-state index in [0.29, 0.717) is 25.0 Å². The molecule has 3 rings (SSSR count). The lowest BCUT2D eigenvalue weighted by molar-refractivity contribution is -0.123. The Balaban J connectivity index is 1.74. The van der Waals surface area contributed by atoms with Crippen LogP contribution in [0.2, 0.25) is 0 Å². The lowest BCUT2D eigenvalue weighted by Crippen LogP contribution is -2.37. The van der Waals surface area contributed by atoms with Crippen molar-refractivity contribution in [2.45, 2.75) is 37.4 Å². The van der Waals surface area contributed by atoms with Crippen LogP contribution in [-0.4, -0.2) is 29.5 Å². The van der Waals surface area contributed by atoms with Crippen molar-refractivity contribution in [2.24, 2.45) is 5.92 Å². The number of hydrogen-bond donors (Lipinski definition) is 2. The Morgan fingerprint density at radius 2 is 2.23 bits per heavy atom. The molecule has 2 heterocycles. The average molecular weight is 340 g/mol. The Bertz CT molecular complexity index is 803. The molecule has 9 heteroatoms. The number of aromatic nitrogens is 3. The van der Waals surface area contributed by atoms with Gasteiger partial charge in [0.1, 0.15) is 0 Å². The summed E-state index contributed by atoms with van der Waals surface area (Å²) in [5.41, 5.74) is 2.67. The summed E-state index contributed by atoms with van der Waals surface area (Å²) in [6, 6.07) is 0. The molecular weight excluding hydrogens is 324 g/mol. The summed E-state index contributed by atoms with van der Waals surface area (Å²) >= 11 is 1.07. The first kappa shape index (κ1) is 15.2. The number of carbonyl (C=O) groups is 1. The second kappa shape index (κ2) is 5.47. The van der Waals surface area contributed by atoms with Gasteiger partial charge in [-0.05, 0) is 38.7 Å². The SMILES string of the molecule is Cc1nc(S(=O)(=O)NC(=O)C2CCc3[nH]ncc3C2)sc1C. The number of nitrogens with zero attached hydrogens (tertiary/aromatic N) is 2. The molecule has 1 atom stereocenters. The van der Waals surface area contributed by atoms with E-state index in [4.69, 9.17) is 0 Å². The van der Waals surface area contributed by atoms with E-state index in [9.17, 15) is 13.2 Å². The van der Waals surface area contributed by atoms with Crippen LogP contribution in [0.5, 0.6) is 0 Å². The number of sulfonamides is 1. The van der Waals surface area contributed by atoms with Gasteiger partial charge in [-0.25, -0.2) is 9.71 Å². The summed E-state index contributed by atoms with van der Waals surface area (Å²) in [7, 11) is -3.89. The van der Waals surface area contributed by atoms with Gasteiger partial charge in [0.2, 0.25) is 10.2 Å². The Kier molecular flexibility index (Phi) is 3.77. The van der Waals surface area contributed by atoms with Crippen molar-refractivity contribution in [1.29, 1.82) is 0 Å². The zero-order valence-corrected chi connectivity index (χ0v) is 13.8. The molecule has 1 unspecified atom stereocenters. The molecule has 0 spiro atoms. The van der Waals surface area contributed by atoms with Crippen LogP contribution < -0.4 is 4.72 Å². The molecule has 118 valence electrons. The highest BCUT2D eigenvalue weighted by Gasteiger charge is 2.30. The van der Waals surface area contributed by atoms with Gasteiger partial charge in [0.25, 0.3) is 10.0 Å².